The van der Waals surface area contributed by atoms with Crippen LogP contribution < -0.4 is 0 Å². The first kappa shape index (κ1) is 36.8. The van der Waals surface area contributed by atoms with Gasteiger partial charge in [0.05, 0.1) is 28.3 Å². The van der Waals surface area contributed by atoms with Crippen LogP contribution in [0, 0.1) is 12.3 Å². The highest BCUT2D eigenvalue weighted by Gasteiger charge is 2.44. The van der Waals surface area contributed by atoms with E-state index < -0.39 is 65.0 Å². The Kier molecular flexibility index (Phi) is 9.33. The summed E-state index contributed by atoms with van der Waals surface area (Å²) in [4.78, 5) is 25.8. The highest BCUT2D eigenvalue weighted by molar-refractivity contribution is 5.89. The lowest BCUT2D eigenvalue weighted by atomic mass is 9.72. The third-order valence-electron chi connectivity index (χ3n) is 9.26. The van der Waals surface area contributed by atoms with Gasteiger partial charge in [-0.2, -0.15) is 39.5 Å². The van der Waals surface area contributed by atoms with Gasteiger partial charge in [-0.25, -0.2) is 9.59 Å². The van der Waals surface area contributed by atoms with Crippen molar-refractivity contribution in [3.63, 3.8) is 0 Å². The number of hydrogen-bond donors (Lipinski definition) is 1. The lowest BCUT2D eigenvalue weighted by Gasteiger charge is -2.35. The van der Waals surface area contributed by atoms with Gasteiger partial charge in [0.15, 0.2) is 0 Å². The van der Waals surface area contributed by atoms with Crippen LogP contribution in [0.4, 0.5) is 44.3 Å². The molecule has 1 aliphatic carbocycles. The van der Waals surface area contributed by atoms with E-state index >= 15 is 0 Å². The van der Waals surface area contributed by atoms with Crippen molar-refractivity contribution in [2.75, 3.05) is 6.54 Å². The number of carbonyl (C=O) groups excluding carboxylic acids is 1. The fourth-order valence-electron chi connectivity index (χ4n) is 6.66. The summed E-state index contributed by atoms with van der Waals surface area (Å²) in [5, 5.41) is 9.35. The second kappa shape index (κ2) is 12.7. The number of aryl methyl sites for hydroxylation is 1. The van der Waals surface area contributed by atoms with Crippen LogP contribution in [0.5, 0.6) is 0 Å². The molecule has 5 rings (SSSR count). The maximum absolute atomic E-state index is 14.3. The van der Waals surface area contributed by atoms with E-state index in [0.29, 0.717) is 53.7 Å². The van der Waals surface area contributed by atoms with E-state index in [0.717, 1.165) is 17.0 Å². The van der Waals surface area contributed by atoms with Crippen LogP contribution in [0.1, 0.15) is 89.9 Å². The molecule has 2 atom stereocenters. The Labute approximate surface area is 281 Å². The number of carboxylic acid groups (broad SMARTS) is 1. The molecule has 0 aromatic heterocycles. The zero-order valence-electron chi connectivity index (χ0n) is 27.2. The van der Waals surface area contributed by atoms with Crippen LogP contribution in [0.3, 0.4) is 0 Å². The summed E-state index contributed by atoms with van der Waals surface area (Å²) in [5.74, 6) is -1.20. The standard InChI is InChI=1S/C36H32F9NO4/c1-18-9-20(31(47)48)5-6-28(18)21-10-22(12-25(11-21)34(37,38)39)29-7-8-33(3,4)16-24(29)17-46-19(2)30(50-32(46)49)23-13-26(35(40,41)42)15-27(14-23)36(43,44)45/h5-6,9-15,19,30H,7-8,16-17H2,1-4H3,(H,47,48)/t19?,30-/m0/s1. The highest BCUT2D eigenvalue weighted by Crippen LogP contribution is 2.47. The second-order valence-electron chi connectivity index (χ2n) is 13.6. The van der Waals surface area contributed by atoms with Crippen molar-refractivity contribution in [3.05, 3.63) is 99.1 Å². The second-order valence-corrected chi connectivity index (χ2v) is 13.6. The number of amides is 1. The Morgan fingerprint density at radius 3 is 1.96 bits per heavy atom. The fourth-order valence-corrected chi connectivity index (χ4v) is 6.66. The van der Waals surface area contributed by atoms with Gasteiger partial charge >= 0.3 is 30.6 Å². The maximum atomic E-state index is 14.3. The van der Waals surface area contributed by atoms with Crippen LogP contribution in [-0.2, 0) is 23.3 Å². The third-order valence-corrected chi connectivity index (χ3v) is 9.26. The van der Waals surface area contributed by atoms with Gasteiger partial charge < -0.3 is 9.84 Å². The molecule has 1 N–H and O–H groups in total. The van der Waals surface area contributed by atoms with Gasteiger partial charge in [-0.1, -0.05) is 19.9 Å². The fraction of sp³-hybridized carbons (Fsp3) is 0.389. The van der Waals surface area contributed by atoms with Crippen LogP contribution in [0.15, 0.2) is 60.2 Å². The number of carboxylic acids is 1. The number of halogens is 9. The predicted octanol–water partition coefficient (Wildman–Crippen LogP) is 11.0. The van der Waals surface area contributed by atoms with Crippen molar-refractivity contribution in [3.8, 4) is 11.1 Å². The molecular formula is C36H32F9NO4. The molecule has 14 heteroatoms. The predicted molar refractivity (Wildman–Crippen MR) is 165 cm³/mol. The molecule has 3 aromatic carbocycles. The first-order chi connectivity index (χ1) is 22.9. The molecule has 50 heavy (non-hydrogen) atoms. The van der Waals surface area contributed by atoms with Crippen molar-refractivity contribution in [1.29, 1.82) is 0 Å². The summed E-state index contributed by atoms with van der Waals surface area (Å²) in [6.45, 7) is 6.67. The maximum Gasteiger partial charge on any atom is 0.416 e. The summed E-state index contributed by atoms with van der Waals surface area (Å²) in [5.41, 5.74) is -2.70. The van der Waals surface area contributed by atoms with Crippen molar-refractivity contribution in [2.24, 2.45) is 5.41 Å². The Morgan fingerprint density at radius 1 is 0.860 bits per heavy atom. The summed E-state index contributed by atoms with van der Waals surface area (Å²) in [6.07, 6.45) is -16.3. The van der Waals surface area contributed by atoms with Crippen molar-refractivity contribution in [1.82, 2.24) is 4.90 Å². The SMILES string of the molecule is Cc1cc(C(=O)O)ccc1-c1cc(C2=C(CN3C(=O)O[C@H](c4cc(C(F)(F)F)cc(C(F)(F)F)c4)C3C)CC(C)(C)CC2)cc(C(F)(F)F)c1. The van der Waals surface area contributed by atoms with Gasteiger partial charge in [0.25, 0.3) is 0 Å². The number of benzene rings is 3. The molecule has 5 nitrogen and oxygen atoms in total. The van der Waals surface area contributed by atoms with E-state index in [1.165, 1.54) is 25.1 Å². The number of rotatable bonds is 6. The average molecular weight is 714 g/mol. The molecule has 1 heterocycles. The smallest absolute Gasteiger partial charge is 0.416 e. The molecule has 1 unspecified atom stereocenters. The zero-order chi connectivity index (χ0) is 37.1. The molecule has 2 aliphatic rings. The van der Waals surface area contributed by atoms with Crippen LogP contribution in [-0.4, -0.2) is 34.7 Å². The summed E-state index contributed by atoms with van der Waals surface area (Å²) < 4.78 is 130. The molecule has 268 valence electrons. The van der Waals surface area contributed by atoms with E-state index in [2.05, 4.69) is 0 Å². The van der Waals surface area contributed by atoms with Gasteiger partial charge in [0.2, 0.25) is 0 Å². The normalized spacial score (nSPS) is 19.9. The van der Waals surface area contributed by atoms with Crippen LogP contribution >= 0.6 is 0 Å². The van der Waals surface area contributed by atoms with Crippen molar-refractivity contribution >= 4 is 17.6 Å². The van der Waals surface area contributed by atoms with E-state index in [4.69, 9.17) is 4.74 Å². The highest BCUT2D eigenvalue weighted by atomic mass is 19.4. The Hall–Kier alpha value is -4.49. The minimum absolute atomic E-state index is 0.0186. The number of nitrogens with zero attached hydrogens (tertiary/aromatic N) is 1. The molecule has 1 saturated heterocycles. The number of ether oxygens (including phenoxy) is 1. The Morgan fingerprint density at radius 2 is 1.42 bits per heavy atom. The lowest BCUT2D eigenvalue weighted by molar-refractivity contribution is -0.143. The average Bonchev–Trinajstić information content (AvgIpc) is 3.27. The van der Waals surface area contributed by atoms with E-state index in [1.807, 2.05) is 13.8 Å². The van der Waals surface area contributed by atoms with Gasteiger partial charge in [-0.3, -0.25) is 4.90 Å². The third kappa shape index (κ3) is 7.63. The monoisotopic (exact) mass is 713 g/mol. The van der Waals surface area contributed by atoms with E-state index in [-0.39, 0.29) is 34.7 Å². The summed E-state index contributed by atoms with van der Waals surface area (Å²) in [6, 6.07) is 7.55. The lowest BCUT2D eigenvalue weighted by Crippen LogP contribution is -2.35. The first-order valence-electron chi connectivity index (χ1n) is 15.5. The minimum atomic E-state index is -5.12. The van der Waals surface area contributed by atoms with Crippen molar-refractivity contribution < 1.29 is 58.9 Å². The molecule has 3 aromatic rings. The van der Waals surface area contributed by atoms with Crippen LogP contribution in [0.2, 0.25) is 0 Å². The topological polar surface area (TPSA) is 66.8 Å². The van der Waals surface area contributed by atoms with Gasteiger partial charge in [-0.05, 0) is 126 Å². The number of alkyl halides is 9. The zero-order valence-corrected chi connectivity index (χ0v) is 27.2. The number of allylic oxidation sites excluding steroid dienone is 1. The summed E-state index contributed by atoms with van der Waals surface area (Å²) in [7, 11) is 0. The van der Waals surface area contributed by atoms with E-state index in [9.17, 15) is 54.2 Å². The summed E-state index contributed by atoms with van der Waals surface area (Å²) >= 11 is 0. The number of carbonyl (C=O) groups is 2. The van der Waals surface area contributed by atoms with Crippen molar-refractivity contribution in [2.45, 2.75) is 77.6 Å². The molecule has 0 bridgehead atoms. The number of hydrogen-bond acceptors (Lipinski definition) is 3. The largest absolute Gasteiger partial charge is 0.478 e. The first-order valence-corrected chi connectivity index (χ1v) is 15.5. The quantitative estimate of drug-likeness (QED) is 0.258. The minimum Gasteiger partial charge on any atom is -0.478 e. The Bertz CT molecular complexity index is 1840. The molecular weight excluding hydrogens is 681 g/mol. The van der Waals surface area contributed by atoms with Crippen LogP contribution in [0.25, 0.3) is 16.7 Å². The van der Waals surface area contributed by atoms with Gasteiger partial charge in [0, 0.05) is 6.54 Å². The Balaban J connectivity index is 1.58. The molecule has 0 spiro atoms. The molecule has 0 saturated carbocycles. The van der Waals surface area contributed by atoms with Gasteiger partial charge in [0.1, 0.15) is 6.10 Å². The molecule has 0 radical (unpaired) electrons. The molecule has 1 aliphatic heterocycles. The number of cyclic esters (lactones) is 1. The van der Waals surface area contributed by atoms with E-state index in [1.54, 1.807) is 13.0 Å². The number of aromatic carboxylic acids is 1. The molecule has 1 fully saturated rings. The van der Waals surface area contributed by atoms with Gasteiger partial charge in [-0.15, -0.1) is 0 Å². The molecule has 1 amide bonds.